The molecule has 0 amide bonds. The summed E-state index contributed by atoms with van der Waals surface area (Å²) >= 11 is 0. The first kappa shape index (κ1) is 16.1. The number of aliphatic hydroxyl groups excluding tert-OH is 1. The van der Waals surface area contributed by atoms with Crippen LogP contribution in [-0.2, 0) is 16.6 Å². The van der Waals surface area contributed by atoms with E-state index in [9.17, 15) is 8.42 Å². The van der Waals surface area contributed by atoms with Gasteiger partial charge in [0, 0.05) is 25.3 Å². The quantitative estimate of drug-likeness (QED) is 0.673. The predicted octanol–water partition coefficient (Wildman–Crippen LogP) is -0.506. The van der Waals surface area contributed by atoms with Crippen LogP contribution >= 0.6 is 0 Å². The number of rotatable bonds is 8. The van der Waals surface area contributed by atoms with E-state index in [1.54, 1.807) is 0 Å². The maximum Gasteiger partial charge on any atom is 0.243 e. The van der Waals surface area contributed by atoms with Crippen LogP contribution in [0.1, 0.15) is 13.8 Å². The third-order valence-corrected chi connectivity index (χ3v) is 4.30. The molecule has 110 valence electrons. The molecule has 0 aromatic carbocycles. The number of nitrogens with zero attached hydrogens (tertiary/aromatic N) is 3. The predicted molar refractivity (Wildman–Crippen MR) is 72.3 cm³/mol. The third-order valence-electron chi connectivity index (χ3n) is 2.89. The highest BCUT2D eigenvalue weighted by molar-refractivity contribution is 7.89. The Balaban J connectivity index is 2.55. The molecule has 0 aliphatic carbocycles. The van der Waals surface area contributed by atoms with Gasteiger partial charge < -0.3 is 10.0 Å². The summed E-state index contributed by atoms with van der Waals surface area (Å²) in [7, 11) is -1.58. The van der Waals surface area contributed by atoms with Gasteiger partial charge in [-0.05, 0) is 20.9 Å². The number of aromatic nitrogens is 2. The lowest BCUT2D eigenvalue weighted by Gasteiger charge is -2.20. The van der Waals surface area contributed by atoms with E-state index < -0.39 is 10.0 Å². The first-order valence-electron chi connectivity index (χ1n) is 6.20. The second kappa shape index (κ2) is 6.99. The molecule has 0 unspecified atom stereocenters. The number of likely N-dealkylation sites (N-methyl/N-ethyl adjacent to an activating group) is 1. The van der Waals surface area contributed by atoms with Crippen molar-refractivity contribution in [1.82, 2.24) is 19.4 Å². The van der Waals surface area contributed by atoms with Crippen LogP contribution in [0, 0.1) is 0 Å². The van der Waals surface area contributed by atoms with E-state index in [0.29, 0.717) is 19.1 Å². The van der Waals surface area contributed by atoms with Gasteiger partial charge in [0.2, 0.25) is 10.0 Å². The van der Waals surface area contributed by atoms with Crippen LogP contribution in [0.2, 0.25) is 0 Å². The van der Waals surface area contributed by atoms with E-state index >= 15 is 0 Å². The van der Waals surface area contributed by atoms with E-state index in [4.69, 9.17) is 5.11 Å². The molecule has 2 N–H and O–H groups in total. The van der Waals surface area contributed by atoms with Crippen LogP contribution in [0.15, 0.2) is 17.3 Å². The molecule has 7 nitrogen and oxygen atoms in total. The molecular weight excluding hydrogens is 268 g/mol. The molecule has 0 saturated heterocycles. The highest BCUT2D eigenvalue weighted by Gasteiger charge is 2.16. The monoisotopic (exact) mass is 290 g/mol. The van der Waals surface area contributed by atoms with Crippen molar-refractivity contribution in [2.75, 3.05) is 26.7 Å². The second-order valence-electron chi connectivity index (χ2n) is 4.63. The number of sulfonamides is 1. The average molecular weight is 290 g/mol. The second-order valence-corrected chi connectivity index (χ2v) is 6.40. The Bertz CT molecular complexity index is 484. The molecule has 1 aromatic rings. The molecule has 1 rings (SSSR count). The van der Waals surface area contributed by atoms with Crippen molar-refractivity contribution in [2.45, 2.75) is 31.3 Å². The zero-order valence-corrected chi connectivity index (χ0v) is 12.4. The van der Waals surface area contributed by atoms with Crippen LogP contribution in [0.5, 0.6) is 0 Å². The first-order valence-corrected chi connectivity index (χ1v) is 7.68. The largest absolute Gasteiger partial charge is 0.394 e. The smallest absolute Gasteiger partial charge is 0.243 e. The number of aliphatic hydroxyl groups is 1. The zero-order chi connectivity index (χ0) is 14.5. The maximum absolute atomic E-state index is 12.0. The first-order chi connectivity index (χ1) is 8.86. The Hall–Kier alpha value is -0.960. The molecule has 1 aromatic heterocycles. The van der Waals surface area contributed by atoms with E-state index in [-0.39, 0.29) is 18.0 Å². The Morgan fingerprint density at radius 2 is 2.21 bits per heavy atom. The summed E-state index contributed by atoms with van der Waals surface area (Å²) in [5.74, 6) is 0. The normalized spacial score (nSPS) is 12.5. The minimum atomic E-state index is -3.52. The highest BCUT2D eigenvalue weighted by atomic mass is 32.2. The SMILES string of the molecule is CC(C)N(C)CCNS(=O)(=O)c1cnn(CCO)c1. The van der Waals surface area contributed by atoms with E-state index in [1.807, 2.05) is 20.9 Å². The molecule has 8 heteroatoms. The van der Waals surface area contributed by atoms with Gasteiger partial charge >= 0.3 is 0 Å². The summed E-state index contributed by atoms with van der Waals surface area (Å²) < 4.78 is 27.8. The minimum absolute atomic E-state index is 0.0756. The molecule has 19 heavy (non-hydrogen) atoms. The Kier molecular flexibility index (Phi) is 5.92. The fourth-order valence-electron chi connectivity index (χ4n) is 1.41. The summed E-state index contributed by atoms with van der Waals surface area (Å²) in [6.45, 7) is 5.30. The van der Waals surface area contributed by atoms with Crippen LogP contribution in [0.25, 0.3) is 0 Å². The molecule has 0 bridgehead atoms. The standard InChI is InChI=1S/C11H22N4O3S/c1-10(2)14(3)5-4-13-19(17,18)11-8-12-15(9-11)6-7-16/h8-10,13,16H,4-7H2,1-3H3. The minimum Gasteiger partial charge on any atom is -0.394 e. The molecule has 0 spiro atoms. The number of hydrogen-bond acceptors (Lipinski definition) is 5. The summed E-state index contributed by atoms with van der Waals surface area (Å²) in [6, 6.07) is 0.372. The van der Waals surface area contributed by atoms with Gasteiger partial charge in [-0.25, -0.2) is 13.1 Å². The van der Waals surface area contributed by atoms with Crippen LogP contribution < -0.4 is 4.72 Å². The van der Waals surface area contributed by atoms with Crippen molar-refractivity contribution < 1.29 is 13.5 Å². The van der Waals surface area contributed by atoms with Gasteiger partial charge in [0.1, 0.15) is 4.90 Å². The fourth-order valence-corrected chi connectivity index (χ4v) is 2.38. The van der Waals surface area contributed by atoms with Crippen molar-refractivity contribution in [3.63, 3.8) is 0 Å². The molecule has 1 heterocycles. The molecule has 0 aliphatic rings. The van der Waals surface area contributed by atoms with Crippen molar-refractivity contribution in [2.24, 2.45) is 0 Å². The molecule has 0 fully saturated rings. The summed E-state index contributed by atoms with van der Waals surface area (Å²) in [5, 5.41) is 12.6. The van der Waals surface area contributed by atoms with Crippen LogP contribution in [0.3, 0.4) is 0 Å². The lowest BCUT2D eigenvalue weighted by molar-refractivity contribution is 0.269. The molecule has 0 saturated carbocycles. The topological polar surface area (TPSA) is 87.5 Å². The fraction of sp³-hybridized carbons (Fsp3) is 0.727. The van der Waals surface area contributed by atoms with Crippen molar-refractivity contribution in [3.05, 3.63) is 12.4 Å². The van der Waals surface area contributed by atoms with E-state index in [0.717, 1.165) is 0 Å². The summed E-state index contributed by atoms with van der Waals surface area (Å²) in [4.78, 5) is 2.17. The average Bonchev–Trinajstić information content (AvgIpc) is 2.78. The van der Waals surface area contributed by atoms with Gasteiger partial charge in [0.05, 0.1) is 19.3 Å². The lowest BCUT2D eigenvalue weighted by Crippen LogP contribution is -2.36. The highest BCUT2D eigenvalue weighted by Crippen LogP contribution is 2.06. The van der Waals surface area contributed by atoms with E-state index in [2.05, 4.69) is 14.7 Å². The molecule has 0 aliphatic heterocycles. The Morgan fingerprint density at radius 1 is 1.53 bits per heavy atom. The summed E-state index contributed by atoms with van der Waals surface area (Å²) in [5.41, 5.74) is 0. The van der Waals surface area contributed by atoms with Gasteiger partial charge in [0.25, 0.3) is 0 Å². The van der Waals surface area contributed by atoms with Gasteiger partial charge in [-0.2, -0.15) is 5.10 Å². The lowest BCUT2D eigenvalue weighted by atomic mass is 10.3. The van der Waals surface area contributed by atoms with Crippen LogP contribution in [-0.4, -0.2) is 61.0 Å². The van der Waals surface area contributed by atoms with Gasteiger partial charge in [-0.1, -0.05) is 0 Å². The van der Waals surface area contributed by atoms with Gasteiger partial charge in [-0.15, -0.1) is 0 Å². The third kappa shape index (κ3) is 4.90. The van der Waals surface area contributed by atoms with Gasteiger partial charge in [0.15, 0.2) is 0 Å². The maximum atomic E-state index is 12.0. The van der Waals surface area contributed by atoms with Crippen molar-refractivity contribution in [1.29, 1.82) is 0 Å². The van der Waals surface area contributed by atoms with Crippen molar-refractivity contribution >= 4 is 10.0 Å². The molecular formula is C11H22N4O3S. The van der Waals surface area contributed by atoms with E-state index in [1.165, 1.54) is 17.1 Å². The summed E-state index contributed by atoms with van der Waals surface area (Å²) in [6.07, 6.45) is 2.69. The number of nitrogens with one attached hydrogen (secondary N) is 1. The van der Waals surface area contributed by atoms with Gasteiger partial charge in [-0.3, -0.25) is 4.68 Å². The molecule has 0 atom stereocenters. The zero-order valence-electron chi connectivity index (χ0n) is 11.6. The molecule has 0 radical (unpaired) electrons. The Labute approximate surface area is 114 Å². The van der Waals surface area contributed by atoms with Crippen molar-refractivity contribution in [3.8, 4) is 0 Å². The number of hydrogen-bond donors (Lipinski definition) is 2. The van der Waals surface area contributed by atoms with Crippen LogP contribution in [0.4, 0.5) is 0 Å². The Morgan fingerprint density at radius 3 is 2.79 bits per heavy atom.